The first-order valence-electron chi connectivity index (χ1n) is 9.96. The third kappa shape index (κ3) is 3.93. The molecule has 1 amide bonds. The molecule has 2 saturated heterocycles. The smallest absolute Gasteiger partial charge is 0.255 e. The molecule has 28 heavy (non-hydrogen) atoms. The average Bonchev–Trinajstić information content (AvgIpc) is 2.68. The van der Waals surface area contributed by atoms with Crippen molar-refractivity contribution < 1.29 is 9.53 Å². The molecule has 0 bridgehead atoms. The number of piperidine rings is 1. The number of carbonyl (C=O) groups is 1. The third-order valence-corrected chi connectivity index (χ3v) is 6.06. The lowest BCUT2D eigenvalue weighted by atomic mass is 9.75. The summed E-state index contributed by atoms with van der Waals surface area (Å²) in [5.74, 6) is 0.613. The second-order valence-corrected chi connectivity index (χ2v) is 8.25. The molecular weight excluding hydrogens is 352 g/mol. The van der Waals surface area contributed by atoms with Gasteiger partial charge in [-0.15, -0.1) is 0 Å². The van der Waals surface area contributed by atoms with E-state index in [0.717, 1.165) is 50.3 Å². The molecule has 1 unspecified atom stereocenters. The van der Waals surface area contributed by atoms with Gasteiger partial charge in [0.15, 0.2) is 0 Å². The highest BCUT2D eigenvalue weighted by Gasteiger charge is 2.51. The molecule has 1 spiro atoms. The van der Waals surface area contributed by atoms with E-state index in [-0.39, 0.29) is 11.4 Å². The number of pyridine rings is 2. The Labute approximate surface area is 166 Å². The topological polar surface area (TPSA) is 58.6 Å². The van der Waals surface area contributed by atoms with Crippen molar-refractivity contribution in [3.8, 4) is 0 Å². The molecule has 0 N–H and O–H groups in total. The van der Waals surface area contributed by atoms with E-state index in [0.29, 0.717) is 18.1 Å². The number of aromatic nitrogens is 2. The van der Waals surface area contributed by atoms with Crippen molar-refractivity contribution in [2.75, 3.05) is 33.3 Å². The lowest BCUT2D eigenvalue weighted by Crippen LogP contribution is -2.72. The lowest BCUT2D eigenvalue weighted by molar-refractivity contribution is -0.0769. The standard InChI is InChI=1S/C22H28N4O2/c1-17-9-19(12-23-11-17)21(27)26-15-22(16-26)10-18(6-8-25(22)2)13-28-14-20-5-3-4-7-24-20/h3-5,7,9,11-12,18H,6,8,10,13-16H2,1-2H3. The fourth-order valence-corrected chi connectivity index (χ4v) is 4.40. The van der Waals surface area contributed by atoms with Gasteiger partial charge in [-0.1, -0.05) is 6.07 Å². The zero-order chi connectivity index (χ0) is 19.6. The second-order valence-electron chi connectivity index (χ2n) is 8.25. The Morgan fingerprint density at radius 1 is 1.32 bits per heavy atom. The maximum absolute atomic E-state index is 12.8. The van der Waals surface area contributed by atoms with Crippen LogP contribution in [0.5, 0.6) is 0 Å². The Hall–Kier alpha value is -2.31. The highest BCUT2D eigenvalue weighted by Crippen LogP contribution is 2.39. The maximum atomic E-state index is 12.8. The zero-order valence-corrected chi connectivity index (χ0v) is 16.7. The van der Waals surface area contributed by atoms with Crippen molar-refractivity contribution in [3.63, 3.8) is 0 Å². The molecule has 1 atom stereocenters. The van der Waals surface area contributed by atoms with Crippen molar-refractivity contribution in [2.24, 2.45) is 5.92 Å². The van der Waals surface area contributed by atoms with Gasteiger partial charge in [0.05, 0.1) is 30.0 Å². The quantitative estimate of drug-likeness (QED) is 0.798. The summed E-state index contributed by atoms with van der Waals surface area (Å²) in [5, 5.41) is 0. The largest absolute Gasteiger partial charge is 0.375 e. The van der Waals surface area contributed by atoms with E-state index in [2.05, 4.69) is 21.9 Å². The molecule has 2 aliphatic heterocycles. The summed E-state index contributed by atoms with van der Waals surface area (Å²) in [6.45, 7) is 5.89. The molecule has 0 aliphatic carbocycles. The number of carbonyl (C=O) groups excluding carboxylic acids is 1. The Morgan fingerprint density at radius 2 is 2.18 bits per heavy atom. The van der Waals surface area contributed by atoms with Crippen molar-refractivity contribution >= 4 is 5.91 Å². The van der Waals surface area contributed by atoms with Crippen molar-refractivity contribution in [1.29, 1.82) is 0 Å². The van der Waals surface area contributed by atoms with Crippen LogP contribution in [0.2, 0.25) is 0 Å². The SMILES string of the molecule is Cc1cncc(C(=O)N2CC3(CC(COCc4ccccn4)CCN3C)C2)c1. The highest BCUT2D eigenvalue weighted by atomic mass is 16.5. The summed E-state index contributed by atoms with van der Waals surface area (Å²) >= 11 is 0. The monoisotopic (exact) mass is 380 g/mol. The second kappa shape index (κ2) is 7.97. The normalized spacial score (nSPS) is 21.5. The van der Waals surface area contributed by atoms with Gasteiger partial charge in [-0.05, 0) is 63.0 Å². The molecule has 0 saturated carbocycles. The molecule has 2 aromatic rings. The molecule has 2 aliphatic rings. The molecule has 2 aromatic heterocycles. The van der Waals surface area contributed by atoms with Crippen LogP contribution in [0.25, 0.3) is 0 Å². The number of likely N-dealkylation sites (N-methyl/N-ethyl adjacent to an activating group) is 1. The van der Waals surface area contributed by atoms with Crippen molar-refractivity contribution in [3.05, 3.63) is 59.7 Å². The van der Waals surface area contributed by atoms with Gasteiger partial charge in [-0.25, -0.2) is 0 Å². The molecule has 6 heteroatoms. The van der Waals surface area contributed by atoms with Crippen molar-refractivity contribution in [1.82, 2.24) is 19.8 Å². The van der Waals surface area contributed by atoms with E-state index in [4.69, 9.17) is 4.74 Å². The van der Waals surface area contributed by atoms with E-state index in [9.17, 15) is 4.79 Å². The van der Waals surface area contributed by atoms with E-state index in [1.54, 1.807) is 18.6 Å². The fourth-order valence-electron chi connectivity index (χ4n) is 4.40. The molecule has 4 heterocycles. The van der Waals surface area contributed by atoms with Gasteiger partial charge < -0.3 is 9.64 Å². The van der Waals surface area contributed by atoms with Gasteiger partial charge in [0.2, 0.25) is 0 Å². The maximum Gasteiger partial charge on any atom is 0.255 e. The van der Waals surface area contributed by atoms with Crippen LogP contribution in [0.1, 0.15) is 34.5 Å². The predicted molar refractivity (Wildman–Crippen MR) is 107 cm³/mol. The summed E-state index contributed by atoms with van der Waals surface area (Å²) in [4.78, 5) is 25.6. The summed E-state index contributed by atoms with van der Waals surface area (Å²) in [5.41, 5.74) is 2.76. The number of likely N-dealkylation sites (tertiary alicyclic amines) is 2. The van der Waals surface area contributed by atoms with Gasteiger partial charge in [-0.2, -0.15) is 0 Å². The number of ether oxygens (including phenoxy) is 1. The van der Waals surface area contributed by atoms with Gasteiger partial charge in [0, 0.05) is 31.7 Å². The number of nitrogens with zero attached hydrogens (tertiary/aromatic N) is 4. The van der Waals surface area contributed by atoms with Crippen molar-refractivity contribution in [2.45, 2.75) is 31.9 Å². The molecule has 148 valence electrons. The van der Waals surface area contributed by atoms with Crippen LogP contribution in [-0.4, -0.2) is 64.5 Å². The summed E-state index contributed by atoms with van der Waals surface area (Å²) in [7, 11) is 2.18. The Balaban J connectivity index is 1.31. The first-order valence-corrected chi connectivity index (χ1v) is 9.96. The highest BCUT2D eigenvalue weighted by molar-refractivity contribution is 5.94. The van der Waals surface area contributed by atoms with Crippen LogP contribution in [-0.2, 0) is 11.3 Å². The molecule has 0 radical (unpaired) electrons. The van der Waals surface area contributed by atoms with Gasteiger partial charge in [-0.3, -0.25) is 19.7 Å². The van der Waals surface area contributed by atoms with Gasteiger partial charge in [0.25, 0.3) is 5.91 Å². The van der Waals surface area contributed by atoms with E-state index >= 15 is 0 Å². The van der Waals surface area contributed by atoms with Crippen LogP contribution in [0.3, 0.4) is 0 Å². The lowest BCUT2D eigenvalue weighted by Gasteiger charge is -2.58. The Morgan fingerprint density at radius 3 is 2.93 bits per heavy atom. The predicted octanol–water partition coefficient (Wildman–Crippen LogP) is 2.54. The van der Waals surface area contributed by atoms with E-state index in [1.807, 2.05) is 36.1 Å². The van der Waals surface area contributed by atoms with Crippen LogP contribution >= 0.6 is 0 Å². The summed E-state index contributed by atoms with van der Waals surface area (Å²) in [6.07, 6.45) is 7.45. The number of hydrogen-bond donors (Lipinski definition) is 0. The van der Waals surface area contributed by atoms with Crippen LogP contribution in [0.15, 0.2) is 42.9 Å². The average molecular weight is 380 g/mol. The first-order chi connectivity index (χ1) is 13.6. The van der Waals surface area contributed by atoms with Gasteiger partial charge in [0.1, 0.15) is 0 Å². The summed E-state index contributed by atoms with van der Waals surface area (Å²) < 4.78 is 5.94. The Kier molecular flexibility index (Phi) is 5.42. The number of hydrogen-bond acceptors (Lipinski definition) is 5. The summed E-state index contributed by atoms with van der Waals surface area (Å²) in [6, 6.07) is 7.81. The van der Waals surface area contributed by atoms with Gasteiger partial charge >= 0.3 is 0 Å². The molecular formula is C22H28N4O2. The number of rotatable bonds is 5. The molecule has 4 rings (SSSR count). The minimum atomic E-state index is 0.0868. The van der Waals surface area contributed by atoms with Crippen LogP contribution in [0, 0.1) is 12.8 Å². The molecule has 2 fully saturated rings. The minimum absolute atomic E-state index is 0.0868. The minimum Gasteiger partial charge on any atom is -0.375 e. The number of aryl methyl sites for hydroxylation is 1. The zero-order valence-electron chi connectivity index (χ0n) is 16.7. The molecule has 6 nitrogen and oxygen atoms in total. The van der Waals surface area contributed by atoms with Crippen LogP contribution in [0.4, 0.5) is 0 Å². The fraction of sp³-hybridized carbons (Fsp3) is 0.500. The van der Waals surface area contributed by atoms with E-state index in [1.165, 1.54) is 0 Å². The number of amides is 1. The first kappa shape index (κ1) is 19.0. The van der Waals surface area contributed by atoms with E-state index < -0.39 is 0 Å². The van der Waals surface area contributed by atoms with Crippen LogP contribution < -0.4 is 0 Å². The Bertz CT molecular complexity index is 820. The third-order valence-electron chi connectivity index (χ3n) is 6.06. The molecule has 0 aromatic carbocycles.